The summed E-state index contributed by atoms with van der Waals surface area (Å²) in [6, 6.07) is -0.973. The van der Waals surface area contributed by atoms with Crippen LogP contribution in [-0.4, -0.2) is 123 Å². The second-order valence-corrected chi connectivity index (χ2v) is 16.2. The minimum absolute atomic E-state index is 0.00563. The van der Waals surface area contributed by atoms with Crippen molar-refractivity contribution in [2.75, 3.05) is 65.9 Å². The molecule has 0 aromatic heterocycles. The first kappa shape index (κ1) is 62.6. The van der Waals surface area contributed by atoms with Crippen LogP contribution in [0.5, 0.6) is 0 Å². The molecule has 0 aromatic rings. The van der Waals surface area contributed by atoms with E-state index in [0.717, 1.165) is 64.2 Å². The van der Waals surface area contributed by atoms with Crippen molar-refractivity contribution in [2.24, 2.45) is 0 Å². The van der Waals surface area contributed by atoms with Crippen LogP contribution in [0, 0.1) is 0 Å². The van der Waals surface area contributed by atoms with Crippen LogP contribution >= 0.6 is 0 Å². The largest absolute Gasteiger partial charge is 0.481 e. The predicted octanol–water partition coefficient (Wildman–Crippen LogP) is 7.66. The molecule has 0 aromatic carbocycles. The molecule has 0 saturated heterocycles. The first-order chi connectivity index (χ1) is 31.0. The lowest BCUT2D eigenvalue weighted by molar-refractivity contribution is -0.142. The molecule has 16 heteroatoms. The van der Waals surface area contributed by atoms with Crippen molar-refractivity contribution < 1.29 is 62.7 Å². The van der Waals surface area contributed by atoms with Crippen LogP contribution < -0.4 is 16.0 Å². The molecule has 3 amide bonds. The van der Waals surface area contributed by atoms with E-state index in [0.29, 0.717) is 84.8 Å². The predicted molar refractivity (Wildman–Crippen MR) is 248 cm³/mol. The highest BCUT2D eigenvalue weighted by Gasteiger charge is 2.20. The summed E-state index contributed by atoms with van der Waals surface area (Å²) in [6.07, 6.45) is 24.3. The van der Waals surface area contributed by atoms with Gasteiger partial charge in [0.25, 0.3) is 0 Å². The van der Waals surface area contributed by atoms with Gasteiger partial charge in [0.2, 0.25) is 17.7 Å². The van der Waals surface area contributed by atoms with Crippen molar-refractivity contribution in [1.29, 1.82) is 0 Å². The Morgan fingerprint density at radius 3 is 1.45 bits per heavy atom. The molecule has 0 spiro atoms. The lowest BCUT2D eigenvalue weighted by Gasteiger charge is -2.14. The Balaban J connectivity index is 0. The fourth-order valence-corrected chi connectivity index (χ4v) is 6.47. The fourth-order valence-electron chi connectivity index (χ4n) is 6.47. The summed E-state index contributed by atoms with van der Waals surface area (Å²) in [7, 11) is 0. The molecule has 0 aliphatic heterocycles. The molecule has 0 saturated carbocycles. The number of rotatable bonds is 47. The van der Waals surface area contributed by atoms with E-state index >= 15 is 0 Å². The van der Waals surface area contributed by atoms with Gasteiger partial charge in [0.15, 0.2) is 5.78 Å². The van der Waals surface area contributed by atoms with Gasteiger partial charge in [0, 0.05) is 58.2 Å². The maximum Gasteiger partial charge on any atom is 0.326 e. The first-order valence-corrected chi connectivity index (χ1v) is 24.6. The number of nitrogens with one attached hydrogen (secondary N) is 3. The monoisotopic (exact) mass is 916 g/mol. The molecule has 0 aliphatic rings. The summed E-state index contributed by atoms with van der Waals surface area (Å²) in [6.45, 7) is 9.36. The number of ketones is 2. The number of amides is 3. The Morgan fingerprint density at radius 2 is 0.922 bits per heavy atom. The van der Waals surface area contributed by atoms with E-state index in [9.17, 15) is 38.7 Å². The number of carboxylic acids is 2. The Morgan fingerprint density at radius 1 is 0.438 bits per heavy atom. The zero-order valence-electron chi connectivity index (χ0n) is 40.1. The van der Waals surface area contributed by atoms with E-state index < -0.39 is 18.0 Å². The van der Waals surface area contributed by atoms with Gasteiger partial charge in [-0.05, 0) is 45.4 Å². The molecule has 5 N–H and O–H groups in total. The molecule has 0 unspecified atom stereocenters. The third-order valence-electron chi connectivity index (χ3n) is 10.2. The molecule has 1 atom stereocenters. The zero-order valence-corrected chi connectivity index (χ0v) is 40.1. The average molecular weight is 916 g/mol. The summed E-state index contributed by atoms with van der Waals surface area (Å²) in [4.78, 5) is 79.6. The van der Waals surface area contributed by atoms with Crippen molar-refractivity contribution in [3.05, 3.63) is 0 Å². The molecule has 0 heterocycles. The van der Waals surface area contributed by atoms with Crippen molar-refractivity contribution in [1.82, 2.24) is 16.0 Å². The van der Waals surface area contributed by atoms with E-state index in [1.54, 1.807) is 0 Å². The summed E-state index contributed by atoms with van der Waals surface area (Å²) < 4.78 is 20.9. The number of Topliss-reactive ketones (excluding diaryl/α,β-unsaturated/α-hetero) is 2. The van der Waals surface area contributed by atoms with Crippen LogP contribution in [-0.2, 0) is 52.5 Å². The van der Waals surface area contributed by atoms with Gasteiger partial charge < -0.3 is 45.1 Å². The number of carbonyl (C=O) groups excluding carboxylic acids is 5. The standard InChI is InChI=1S/C28H51NO6.C20H38N2O7/c1-2-19-24(30)22-23-25(28(34)35)29-26(31)20-17-15-13-11-9-7-5-3-4-6-8-10-12-14-16-18-21-27(32)33;1-3-19(24)21-9-7-5-6-8-18(23)16-28-15-13-27-11-10-22-20(25)17-29-14-12-26-4-2/h25H,2-23H2,1H3,(H,29,31)(H,32,33)(H,34,35);3-17H2,1-2H3,(H,21,24)(H,22,25)/t25-;/m0./s1. The zero-order chi connectivity index (χ0) is 47.7. The molecular formula is C48H89N3O13. The highest BCUT2D eigenvalue weighted by Crippen LogP contribution is 2.15. The number of ether oxygens (including phenoxy) is 4. The highest BCUT2D eigenvalue weighted by molar-refractivity contribution is 5.84. The van der Waals surface area contributed by atoms with E-state index in [-0.39, 0.29) is 55.3 Å². The number of aliphatic carboxylic acids is 2. The molecule has 0 aliphatic carbocycles. The van der Waals surface area contributed by atoms with E-state index in [4.69, 9.17) is 24.1 Å². The van der Waals surface area contributed by atoms with Gasteiger partial charge in [-0.2, -0.15) is 0 Å². The highest BCUT2D eigenvalue weighted by atomic mass is 16.5. The molecule has 0 rings (SSSR count). The minimum Gasteiger partial charge on any atom is -0.481 e. The molecule has 0 bridgehead atoms. The van der Waals surface area contributed by atoms with Crippen molar-refractivity contribution in [3.8, 4) is 0 Å². The van der Waals surface area contributed by atoms with E-state index in [1.807, 2.05) is 20.8 Å². The summed E-state index contributed by atoms with van der Waals surface area (Å²) in [5.74, 6) is -2.02. The first-order valence-electron chi connectivity index (χ1n) is 24.6. The summed E-state index contributed by atoms with van der Waals surface area (Å²) >= 11 is 0. The van der Waals surface area contributed by atoms with Gasteiger partial charge in [-0.15, -0.1) is 0 Å². The topological polar surface area (TPSA) is 233 Å². The Labute approximate surface area is 385 Å². The van der Waals surface area contributed by atoms with Gasteiger partial charge in [0.05, 0.1) is 33.0 Å². The van der Waals surface area contributed by atoms with E-state index in [2.05, 4.69) is 16.0 Å². The van der Waals surface area contributed by atoms with E-state index in [1.165, 1.54) is 64.2 Å². The maximum atomic E-state index is 12.0. The SMILES string of the molecule is CCCC(=O)CC[C@H](NC(=O)CCCCCCCCCCCCCCCCCCC(=O)O)C(=O)O.CCOCCOCC(=O)NCCOCCOCC(=O)CCCCCNC(=O)CC. The Bertz CT molecular complexity index is 1190. The number of carboxylic acid groups (broad SMARTS) is 2. The van der Waals surface area contributed by atoms with Gasteiger partial charge in [0.1, 0.15) is 25.0 Å². The van der Waals surface area contributed by atoms with Crippen molar-refractivity contribution >= 4 is 41.2 Å². The lowest BCUT2D eigenvalue weighted by Crippen LogP contribution is -2.41. The lowest BCUT2D eigenvalue weighted by atomic mass is 10.0. The fraction of sp³-hybridized carbons (Fsp3) is 0.854. The molecule has 0 fully saturated rings. The van der Waals surface area contributed by atoms with Gasteiger partial charge in [-0.1, -0.05) is 110 Å². The number of hydrogen-bond donors (Lipinski definition) is 5. The number of carbonyl (C=O) groups is 7. The van der Waals surface area contributed by atoms with Crippen LogP contribution in [0.4, 0.5) is 0 Å². The quantitative estimate of drug-likeness (QED) is 0.0370. The minimum atomic E-state index is -1.08. The third-order valence-corrected chi connectivity index (χ3v) is 10.2. The molecule has 0 radical (unpaired) electrons. The second-order valence-electron chi connectivity index (χ2n) is 16.2. The van der Waals surface area contributed by atoms with Crippen LogP contribution in [0.3, 0.4) is 0 Å². The van der Waals surface area contributed by atoms with Gasteiger partial charge >= 0.3 is 11.9 Å². The Hall–Kier alpha value is -3.47. The maximum absolute atomic E-state index is 12.0. The number of unbranched alkanes of at least 4 members (excludes halogenated alkanes) is 17. The average Bonchev–Trinajstić information content (AvgIpc) is 3.26. The molecule has 16 nitrogen and oxygen atoms in total. The third kappa shape index (κ3) is 49.5. The smallest absolute Gasteiger partial charge is 0.326 e. The van der Waals surface area contributed by atoms with Crippen molar-refractivity contribution in [3.63, 3.8) is 0 Å². The van der Waals surface area contributed by atoms with Gasteiger partial charge in [-0.3, -0.25) is 28.8 Å². The van der Waals surface area contributed by atoms with Crippen molar-refractivity contribution in [2.45, 2.75) is 200 Å². The molecular weight excluding hydrogens is 827 g/mol. The van der Waals surface area contributed by atoms with Crippen LogP contribution in [0.15, 0.2) is 0 Å². The van der Waals surface area contributed by atoms with Gasteiger partial charge in [-0.25, -0.2) is 4.79 Å². The summed E-state index contributed by atoms with van der Waals surface area (Å²) in [5, 5.41) is 25.9. The number of hydrogen-bond acceptors (Lipinski definition) is 11. The normalized spacial score (nSPS) is 11.3. The molecule has 64 heavy (non-hydrogen) atoms. The second kappa shape index (κ2) is 49.0. The Kier molecular flexibility index (Phi) is 47.9. The van der Waals surface area contributed by atoms with Crippen LogP contribution in [0.2, 0.25) is 0 Å². The van der Waals surface area contributed by atoms with Crippen LogP contribution in [0.25, 0.3) is 0 Å². The molecule has 374 valence electrons. The summed E-state index contributed by atoms with van der Waals surface area (Å²) in [5.41, 5.74) is 0. The van der Waals surface area contributed by atoms with Crippen LogP contribution in [0.1, 0.15) is 194 Å².